The Labute approximate surface area is 109 Å². The van der Waals surface area contributed by atoms with Crippen LogP contribution in [0.4, 0.5) is 0 Å². The second-order valence-corrected chi connectivity index (χ2v) is 4.70. The maximum atomic E-state index is 12.0. The molecule has 0 saturated carbocycles. The van der Waals surface area contributed by atoms with Crippen molar-refractivity contribution in [1.29, 1.82) is 0 Å². The zero-order valence-electron chi connectivity index (χ0n) is 11.6. The molecule has 4 heteroatoms. The first-order valence-electron chi connectivity index (χ1n) is 6.84. The van der Waals surface area contributed by atoms with Gasteiger partial charge in [-0.1, -0.05) is 33.6 Å². The summed E-state index contributed by atoms with van der Waals surface area (Å²) in [5.41, 5.74) is 0. The van der Waals surface area contributed by atoms with Crippen LogP contribution in [-0.4, -0.2) is 26.5 Å². The van der Waals surface area contributed by atoms with Gasteiger partial charge in [-0.25, -0.2) is 4.98 Å². The molecule has 18 heavy (non-hydrogen) atoms. The van der Waals surface area contributed by atoms with Crippen LogP contribution in [0.2, 0.25) is 0 Å². The molecule has 1 aromatic heterocycles. The fourth-order valence-electron chi connectivity index (χ4n) is 2.21. The molecule has 0 aliphatic heterocycles. The Morgan fingerprint density at radius 1 is 1.39 bits per heavy atom. The van der Waals surface area contributed by atoms with E-state index in [-0.39, 0.29) is 18.1 Å². The minimum Gasteiger partial charge on any atom is -0.385 e. The molecule has 0 aliphatic carbocycles. The molecule has 1 aromatic rings. The molecule has 0 radical (unpaired) electrons. The molecule has 0 saturated heterocycles. The zero-order valence-corrected chi connectivity index (χ0v) is 11.6. The summed E-state index contributed by atoms with van der Waals surface area (Å²) in [6.07, 6.45) is 5.63. The van der Waals surface area contributed by atoms with Gasteiger partial charge in [-0.3, -0.25) is 4.79 Å². The number of ketones is 1. The summed E-state index contributed by atoms with van der Waals surface area (Å²) in [7, 11) is 0. The van der Waals surface area contributed by atoms with E-state index in [1.54, 1.807) is 6.20 Å². The molecule has 0 aromatic carbocycles. The molecule has 102 valence electrons. The first-order valence-corrected chi connectivity index (χ1v) is 6.84. The van der Waals surface area contributed by atoms with E-state index in [4.69, 9.17) is 0 Å². The van der Waals surface area contributed by atoms with Gasteiger partial charge < -0.3 is 9.67 Å². The topological polar surface area (TPSA) is 55.1 Å². The van der Waals surface area contributed by atoms with Gasteiger partial charge >= 0.3 is 0 Å². The molecule has 1 N–H and O–H groups in total. The number of Topliss-reactive ketones (excluding diaryl/α,β-unsaturated/α-hetero) is 1. The largest absolute Gasteiger partial charge is 0.385 e. The number of aliphatic hydroxyl groups excluding tert-OH is 1. The van der Waals surface area contributed by atoms with Crippen LogP contribution in [0.15, 0.2) is 12.4 Å². The van der Waals surface area contributed by atoms with Crippen LogP contribution in [-0.2, 0) is 17.8 Å². The summed E-state index contributed by atoms with van der Waals surface area (Å²) in [6.45, 7) is 6.96. The molecule has 0 spiro atoms. The smallest absolute Gasteiger partial charge is 0.169 e. The number of aryl methyl sites for hydroxylation is 1. The normalized spacial score (nSPS) is 12.9. The van der Waals surface area contributed by atoms with Crippen LogP contribution in [0.25, 0.3) is 0 Å². The van der Waals surface area contributed by atoms with Gasteiger partial charge in [0.05, 0.1) is 6.42 Å². The summed E-state index contributed by atoms with van der Waals surface area (Å²) in [4.78, 5) is 16.2. The summed E-state index contributed by atoms with van der Waals surface area (Å²) >= 11 is 0. The molecule has 1 heterocycles. The second kappa shape index (κ2) is 7.31. The molecule has 0 aliphatic rings. The second-order valence-electron chi connectivity index (χ2n) is 4.70. The van der Waals surface area contributed by atoms with E-state index in [2.05, 4.69) is 11.9 Å². The van der Waals surface area contributed by atoms with Crippen molar-refractivity contribution < 1.29 is 9.90 Å². The van der Waals surface area contributed by atoms with E-state index in [1.807, 2.05) is 24.6 Å². The average Bonchev–Trinajstić information content (AvgIpc) is 2.78. The Morgan fingerprint density at radius 3 is 2.61 bits per heavy atom. The Hall–Kier alpha value is -1.16. The molecule has 1 unspecified atom stereocenters. The van der Waals surface area contributed by atoms with Gasteiger partial charge in [0, 0.05) is 18.9 Å². The van der Waals surface area contributed by atoms with Crippen molar-refractivity contribution >= 4 is 5.78 Å². The lowest BCUT2D eigenvalue weighted by molar-refractivity contribution is -0.129. The van der Waals surface area contributed by atoms with E-state index in [0.717, 1.165) is 31.6 Å². The van der Waals surface area contributed by atoms with Crippen LogP contribution in [0.3, 0.4) is 0 Å². The van der Waals surface area contributed by atoms with Crippen molar-refractivity contribution in [2.24, 2.45) is 5.92 Å². The van der Waals surface area contributed by atoms with Gasteiger partial charge in [0.2, 0.25) is 0 Å². The number of nitrogens with zero attached hydrogens (tertiary/aromatic N) is 2. The van der Waals surface area contributed by atoms with Crippen LogP contribution in [0.5, 0.6) is 0 Å². The van der Waals surface area contributed by atoms with E-state index in [0.29, 0.717) is 0 Å². The van der Waals surface area contributed by atoms with Crippen molar-refractivity contribution in [3.8, 4) is 0 Å². The molecule has 0 amide bonds. The van der Waals surface area contributed by atoms with Crippen molar-refractivity contribution in [3.63, 3.8) is 0 Å². The molecule has 4 nitrogen and oxygen atoms in total. The van der Waals surface area contributed by atoms with Gasteiger partial charge in [-0.2, -0.15) is 0 Å². The number of aliphatic hydroxyl groups is 1. The number of rotatable bonds is 8. The lowest BCUT2D eigenvalue weighted by atomic mass is 9.92. The lowest BCUT2D eigenvalue weighted by Gasteiger charge is -2.18. The van der Waals surface area contributed by atoms with Gasteiger partial charge in [-0.05, 0) is 12.3 Å². The first-order chi connectivity index (χ1) is 8.63. The standard InChI is InChI=1S/C14H24N2O2/c1-4-8-16-9-7-15-13(16)10-12(17)14(18)11(5-2)6-3/h7,9,11,14,18H,4-6,8,10H2,1-3H3. The first kappa shape index (κ1) is 14.9. The molecular formula is C14H24N2O2. The molecule has 1 rings (SSSR count). The predicted molar refractivity (Wildman–Crippen MR) is 71.3 cm³/mol. The fourth-order valence-corrected chi connectivity index (χ4v) is 2.21. The zero-order chi connectivity index (χ0) is 13.5. The van der Waals surface area contributed by atoms with Gasteiger partial charge in [0.1, 0.15) is 11.9 Å². The van der Waals surface area contributed by atoms with Crippen molar-refractivity contribution in [3.05, 3.63) is 18.2 Å². The Bertz CT molecular complexity index is 370. The third kappa shape index (κ3) is 3.67. The third-order valence-electron chi connectivity index (χ3n) is 3.42. The molecule has 0 fully saturated rings. The maximum absolute atomic E-state index is 12.0. The van der Waals surface area contributed by atoms with Gasteiger partial charge in [-0.15, -0.1) is 0 Å². The fraction of sp³-hybridized carbons (Fsp3) is 0.714. The van der Waals surface area contributed by atoms with E-state index >= 15 is 0 Å². The van der Waals surface area contributed by atoms with Crippen LogP contribution in [0.1, 0.15) is 45.9 Å². The van der Waals surface area contributed by atoms with Crippen molar-refractivity contribution in [2.75, 3.05) is 0 Å². The minimum atomic E-state index is -0.855. The Kier molecular flexibility index (Phi) is 6.05. The minimum absolute atomic E-state index is 0.0621. The summed E-state index contributed by atoms with van der Waals surface area (Å²) in [5, 5.41) is 10.0. The SMILES string of the molecule is CCCn1ccnc1CC(=O)C(O)C(CC)CC. The van der Waals surface area contributed by atoms with Crippen LogP contribution < -0.4 is 0 Å². The number of imidazole rings is 1. The maximum Gasteiger partial charge on any atom is 0.169 e. The number of hydrogen-bond acceptors (Lipinski definition) is 3. The number of carbonyl (C=O) groups excluding carboxylic acids is 1. The predicted octanol–water partition coefficient (Wildman–Crippen LogP) is 2.20. The summed E-state index contributed by atoms with van der Waals surface area (Å²) < 4.78 is 1.98. The molecule has 1 atom stereocenters. The van der Waals surface area contributed by atoms with E-state index < -0.39 is 6.10 Å². The highest BCUT2D eigenvalue weighted by atomic mass is 16.3. The average molecular weight is 252 g/mol. The summed E-state index contributed by atoms with van der Waals surface area (Å²) in [6, 6.07) is 0. The Morgan fingerprint density at radius 2 is 2.06 bits per heavy atom. The van der Waals surface area contributed by atoms with Crippen LogP contribution >= 0.6 is 0 Å². The summed E-state index contributed by atoms with van der Waals surface area (Å²) in [5.74, 6) is 0.700. The van der Waals surface area contributed by atoms with Gasteiger partial charge in [0.25, 0.3) is 0 Å². The van der Waals surface area contributed by atoms with E-state index in [9.17, 15) is 9.90 Å². The van der Waals surface area contributed by atoms with Gasteiger partial charge in [0.15, 0.2) is 5.78 Å². The molecule has 0 bridgehead atoms. The Balaban J connectivity index is 2.66. The van der Waals surface area contributed by atoms with Crippen LogP contribution in [0, 0.1) is 5.92 Å². The van der Waals surface area contributed by atoms with Crippen molar-refractivity contribution in [2.45, 2.75) is 59.1 Å². The molecular weight excluding hydrogens is 228 g/mol. The number of carbonyl (C=O) groups is 1. The number of hydrogen-bond donors (Lipinski definition) is 1. The monoisotopic (exact) mass is 252 g/mol. The highest BCUT2D eigenvalue weighted by Crippen LogP contribution is 2.15. The highest BCUT2D eigenvalue weighted by molar-refractivity contribution is 5.84. The van der Waals surface area contributed by atoms with Crippen molar-refractivity contribution in [1.82, 2.24) is 9.55 Å². The lowest BCUT2D eigenvalue weighted by Crippen LogP contribution is -2.31. The number of aromatic nitrogens is 2. The quantitative estimate of drug-likeness (QED) is 0.771. The van der Waals surface area contributed by atoms with E-state index in [1.165, 1.54) is 0 Å². The third-order valence-corrected chi connectivity index (χ3v) is 3.42. The highest BCUT2D eigenvalue weighted by Gasteiger charge is 2.24.